The van der Waals surface area contributed by atoms with Crippen LogP contribution in [0.15, 0.2) is 53.4 Å². The lowest BCUT2D eigenvalue weighted by molar-refractivity contribution is 0.262. The molecule has 0 amide bonds. The average Bonchev–Trinajstić information content (AvgIpc) is 2.79. The van der Waals surface area contributed by atoms with E-state index < -0.39 is 10.0 Å². The van der Waals surface area contributed by atoms with Crippen molar-refractivity contribution in [2.24, 2.45) is 12.2 Å². The number of primary sulfonamides is 1. The fraction of sp³-hybridized carbons (Fsp3) is 0.235. The van der Waals surface area contributed by atoms with Gasteiger partial charge in [-0.05, 0) is 43.0 Å². The molecular weight excluding hydrogens is 356 g/mol. The van der Waals surface area contributed by atoms with Gasteiger partial charge in [-0.3, -0.25) is 4.90 Å². The molecule has 2 aromatic carbocycles. The van der Waals surface area contributed by atoms with Gasteiger partial charge in [-0.1, -0.05) is 30.3 Å². The largest absolute Gasteiger partial charge is 0.320 e. The van der Waals surface area contributed by atoms with Gasteiger partial charge in [0.25, 0.3) is 0 Å². The Morgan fingerprint density at radius 1 is 1.12 bits per heavy atom. The summed E-state index contributed by atoms with van der Waals surface area (Å²) in [6.45, 7) is 1.30. The van der Waals surface area contributed by atoms with E-state index in [0.717, 1.165) is 17.6 Å². The quantitative estimate of drug-likeness (QED) is 0.694. The number of aromatic nitrogens is 2. The van der Waals surface area contributed by atoms with Gasteiger partial charge in [-0.2, -0.15) is 0 Å². The summed E-state index contributed by atoms with van der Waals surface area (Å²) in [5.41, 5.74) is 2.81. The van der Waals surface area contributed by atoms with Crippen molar-refractivity contribution in [1.82, 2.24) is 14.0 Å². The average molecular weight is 377 g/mol. The van der Waals surface area contributed by atoms with Crippen LogP contribution in [0, 0.1) is 4.77 Å². The molecule has 3 rings (SSSR count). The van der Waals surface area contributed by atoms with Gasteiger partial charge in [0.2, 0.25) is 10.0 Å². The van der Waals surface area contributed by atoms with Crippen molar-refractivity contribution in [3.63, 3.8) is 0 Å². The van der Waals surface area contributed by atoms with E-state index in [1.165, 1.54) is 11.6 Å². The SMILES string of the molecule is CN(Cc1ccccc1)Cn1c(=S)n(C)c2ccc(S(N)(=O)=O)cc21. The molecule has 1 heterocycles. The minimum atomic E-state index is -3.76. The van der Waals surface area contributed by atoms with Crippen LogP contribution in [0.3, 0.4) is 0 Å². The van der Waals surface area contributed by atoms with E-state index in [2.05, 4.69) is 17.0 Å². The smallest absolute Gasteiger partial charge is 0.238 e. The maximum Gasteiger partial charge on any atom is 0.238 e. The summed E-state index contributed by atoms with van der Waals surface area (Å²) in [7, 11) is 0.105. The minimum Gasteiger partial charge on any atom is -0.320 e. The van der Waals surface area contributed by atoms with Crippen LogP contribution in [0.2, 0.25) is 0 Å². The molecule has 0 bridgehead atoms. The molecule has 0 radical (unpaired) electrons. The molecule has 0 aliphatic heterocycles. The number of hydrogen-bond acceptors (Lipinski definition) is 4. The number of aryl methyl sites for hydroxylation is 1. The molecular formula is C17H20N4O2S2. The fourth-order valence-corrected chi connectivity index (χ4v) is 3.68. The van der Waals surface area contributed by atoms with E-state index in [0.29, 0.717) is 11.4 Å². The predicted molar refractivity (Wildman–Crippen MR) is 101 cm³/mol. The summed E-state index contributed by atoms with van der Waals surface area (Å²) < 4.78 is 27.8. The molecule has 0 saturated heterocycles. The van der Waals surface area contributed by atoms with E-state index in [1.807, 2.05) is 41.4 Å². The first-order chi connectivity index (χ1) is 11.8. The normalized spacial score (nSPS) is 12.2. The lowest BCUT2D eigenvalue weighted by atomic mass is 10.2. The van der Waals surface area contributed by atoms with Crippen molar-refractivity contribution in [3.05, 3.63) is 58.9 Å². The number of hydrogen-bond donors (Lipinski definition) is 1. The van der Waals surface area contributed by atoms with Gasteiger partial charge in [0.15, 0.2) is 4.77 Å². The van der Waals surface area contributed by atoms with Crippen LogP contribution in [0.5, 0.6) is 0 Å². The van der Waals surface area contributed by atoms with Gasteiger partial charge in [0, 0.05) is 13.6 Å². The van der Waals surface area contributed by atoms with Gasteiger partial charge < -0.3 is 9.13 Å². The summed E-state index contributed by atoms with van der Waals surface area (Å²) in [5.74, 6) is 0. The minimum absolute atomic E-state index is 0.0834. The van der Waals surface area contributed by atoms with Crippen LogP contribution in [0.4, 0.5) is 0 Å². The molecule has 0 spiro atoms. The molecule has 25 heavy (non-hydrogen) atoms. The molecule has 132 valence electrons. The van der Waals surface area contributed by atoms with Gasteiger partial charge in [-0.15, -0.1) is 0 Å². The first-order valence-corrected chi connectivity index (χ1v) is 9.67. The Labute approximate surface area is 152 Å². The van der Waals surface area contributed by atoms with Gasteiger partial charge in [0.05, 0.1) is 22.6 Å². The summed E-state index contributed by atoms with van der Waals surface area (Å²) in [4.78, 5) is 2.20. The van der Waals surface area contributed by atoms with E-state index in [1.54, 1.807) is 12.1 Å². The van der Waals surface area contributed by atoms with Crippen molar-refractivity contribution in [1.29, 1.82) is 0 Å². The van der Waals surface area contributed by atoms with E-state index in [9.17, 15) is 8.42 Å². The summed E-state index contributed by atoms with van der Waals surface area (Å²) in [6, 6.07) is 14.9. The fourth-order valence-electron chi connectivity index (χ4n) is 2.89. The third kappa shape index (κ3) is 3.67. The van der Waals surface area contributed by atoms with Crippen molar-refractivity contribution in [2.75, 3.05) is 7.05 Å². The zero-order chi connectivity index (χ0) is 18.2. The Kier molecular flexibility index (Phi) is 4.79. The standard InChI is InChI=1S/C17H20N4O2S2/c1-19(11-13-6-4-3-5-7-13)12-21-16-10-14(25(18,22)23)8-9-15(16)20(2)17(21)24/h3-10H,11-12H2,1-2H3,(H2,18,22,23). The molecule has 0 unspecified atom stereocenters. The van der Waals surface area contributed by atoms with Crippen LogP contribution in [-0.2, 0) is 30.3 Å². The number of nitrogens with zero attached hydrogens (tertiary/aromatic N) is 3. The molecule has 0 saturated carbocycles. The van der Waals surface area contributed by atoms with Crippen molar-refractivity contribution in [3.8, 4) is 0 Å². The molecule has 1 aromatic heterocycles. The van der Waals surface area contributed by atoms with Crippen molar-refractivity contribution < 1.29 is 8.42 Å². The van der Waals surface area contributed by atoms with Gasteiger partial charge >= 0.3 is 0 Å². The Morgan fingerprint density at radius 3 is 2.44 bits per heavy atom. The molecule has 0 fully saturated rings. The third-order valence-corrected chi connectivity index (χ3v) is 5.53. The molecule has 0 aliphatic carbocycles. The number of nitrogens with two attached hydrogens (primary N) is 1. The predicted octanol–water partition coefficient (Wildman–Crippen LogP) is 2.45. The second-order valence-electron chi connectivity index (χ2n) is 6.11. The van der Waals surface area contributed by atoms with Gasteiger partial charge in [0.1, 0.15) is 0 Å². The molecule has 6 nitrogen and oxygen atoms in total. The van der Waals surface area contributed by atoms with E-state index >= 15 is 0 Å². The van der Waals surface area contributed by atoms with Crippen LogP contribution in [0.1, 0.15) is 5.56 Å². The van der Waals surface area contributed by atoms with Crippen molar-refractivity contribution in [2.45, 2.75) is 18.1 Å². The first-order valence-electron chi connectivity index (χ1n) is 7.72. The lowest BCUT2D eigenvalue weighted by Crippen LogP contribution is -2.22. The molecule has 0 atom stereocenters. The Morgan fingerprint density at radius 2 is 1.80 bits per heavy atom. The first kappa shape index (κ1) is 17.8. The van der Waals surface area contributed by atoms with Gasteiger partial charge in [-0.25, -0.2) is 13.6 Å². The number of sulfonamides is 1. The summed E-state index contributed by atoms with van der Waals surface area (Å²) >= 11 is 5.53. The molecule has 3 aromatic rings. The van der Waals surface area contributed by atoms with Crippen LogP contribution in [0.25, 0.3) is 11.0 Å². The number of benzene rings is 2. The number of rotatable bonds is 5. The highest BCUT2D eigenvalue weighted by Gasteiger charge is 2.14. The molecule has 0 aliphatic rings. The maximum absolute atomic E-state index is 11.7. The highest BCUT2D eigenvalue weighted by atomic mass is 32.2. The lowest BCUT2D eigenvalue weighted by Gasteiger charge is -2.18. The highest BCUT2D eigenvalue weighted by molar-refractivity contribution is 7.89. The van der Waals surface area contributed by atoms with Crippen molar-refractivity contribution >= 4 is 33.3 Å². The third-order valence-electron chi connectivity index (χ3n) is 4.12. The van der Waals surface area contributed by atoms with E-state index in [-0.39, 0.29) is 4.90 Å². The van der Waals surface area contributed by atoms with Crippen LogP contribution >= 0.6 is 12.2 Å². The summed E-state index contributed by atoms with van der Waals surface area (Å²) in [5, 5.41) is 5.27. The second kappa shape index (κ2) is 6.72. The van der Waals surface area contributed by atoms with E-state index in [4.69, 9.17) is 17.4 Å². The topological polar surface area (TPSA) is 73.3 Å². The Balaban J connectivity index is 2.00. The molecule has 8 heteroatoms. The molecule has 2 N–H and O–H groups in total. The van der Waals surface area contributed by atoms with Crippen LogP contribution < -0.4 is 5.14 Å². The Hall–Kier alpha value is -2.00. The Bertz CT molecular complexity index is 1070. The number of imidazole rings is 1. The summed E-state index contributed by atoms with van der Waals surface area (Å²) in [6.07, 6.45) is 0. The second-order valence-corrected chi connectivity index (χ2v) is 8.03. The maximum atomic E-state index is 11.7. The van der Waals surface area contributed by atoms with Crippen LogP contribution in [-0.4, -0.2) is 29.5 Å². The zero-order valence-electron chi connectivity index (χ0n) is 14.1. The zero-order valence-corrected chi connectivity index (χ0v) is 15.7. The number of fused-ring (bicyclic) bond motifs is 1. The highest BCUT2D eigenvalue weighted by Crippen LogP contribution is 2.21. The monoisotopic (exact) mass is 376 g/mol.